The summed E-state index contributed by atoms with van der Waals surface area (Å²) in [7, 11) is -2.90. The number of benzene rings is 1. The summed E-state index contributed by atoms with van der Waals surface area (Å²) in [6.45, 7) is 5.99. The van der Waals surface area contributed by atoms with Crippen LogP contribution in [0.25, 0.3) is 0 Å². The molecule has 194 valence electrons. The van der Waals surface area contributed by atoms with Crippen molar-refractivity contribution in [2.45, 2.75) is 97.0 Å². The van der Waals surface area contributed by atoms with Gasteiger partial charge in [-0.25, -0.2) is 8.42 Å². The van der Waals surface area contributed by atoms with Crippen molar-refractivity contribution in [1.82, 2.24) is 5.32 Å². The monoisotopic (exact) mass is 494 g/mol. The van der Waals surface area contributed by atoms with Crippen LogP contribution in [-0.4, -0.2) is 51.6 Å². The minimum atomic E-state index is -2.90. The Labute approximate surface area is 207 Å². The number of hydrogen-bond donors (Lipinski definition) is 1. The Bertz CT molecular complexity index is 781. The van der Waals surface area contributed by atoms with Gasteiger partial charge in [-0.05, 0) is 43.5 Å². The first kappa shape index (κ1) is 28.5. The number of hydrogen-bond acceptors (Lipinski definition) is 5. The van der Waals surface area contributed by atoms with Crippen molar-refractivity contribution in [1.29, 1.82) is 0 Å². The van der Waals surface area contributed by atoms with E-state index in [2.05, 4.69) is 17.1 Å². The van der Waals surface area contributed by atoms with E-state index >= 15 is 0 Å². The van der Waals surface area contributed by atoms with Gasteiger partial charge in [0.15, 0.2) is 15.9 Å². The molecule has 1 aromatic rings. The predicted molar refractivity (Wildman–Crippen MR) is 141 cm³/mol. The van der Waals surface area contributed by atoms with E-state index in [1.807, 2.05) is 31.2 Å². The molecule has 1 N–H and O–H groups in total. The van der Waals surface area contributed by atoms with Gasteiger partial charge in [0.2, 0.25) is 0 Å². The highest BCUT2D eigenvalue weighted by atomic mass is 32.2. The first-order valence-electron chi connectivity index (χ1n) is 13.4. The maximum Gasteiger partial charge on any atom is 0.261 e. The van der Waals surface area contributed by atoms with Crippen LogP contribution in [0.2, 0.25) is 0 Å². The summed E-state index contributed by atoms with van der Waals surface area (Å²) >= 11 is 0. The summed E-state index contributed by atoms with van der Waals surface area (Å²) in [5.74, 6) is 1.04. The van der Waals surface area contributed by atoms with E-state index in [1.54, 1.807) is 0 Å². The molecule has 6 nitrogen and oxygen atoms in total. The molecule has 1 aliphatic rings. The highest BCUT2D eigenvalue weighted by Crippen LogP contribution is 2.23. The lowest BCUT2D eigenvalue weighted by atomic mass is 10.0. The molecule has 0 radical (unpaired) electrons. The number of rotatable bonds is 17. The third kappa shape index (κ3) is 11.1. The van der Waals surface area contributed by atoms with E-state index in [1.165, 1.54) is 51.4 Å². The number of unbranched alkanes of at least 4 members (excludes halogenated alkanes) is 9. The normalized spacial score (nSPS) is 16.2. The minimum absolute atomic E-state index is 0.0388. The molecule has 1 unspecified atom stereocenters. The zero-order chi connectivity index (χ0) is 24.7. The van der Waals surface area contributed by atoms with Crippen LogP contribution >= 0.6 is 0 Å². The second-order valence-corrected chi connectivity index (χ2v) is 11.8. The molecule has 34 heavy (non-hydrogen) atoms. The second-order valence-electron chi connectivity index (χ2n) is 9.50. The van der Waals surface area contributed by atoms with Crippen molar-refractivity contribution >= 4 is 21.4 Å². The van der Waals surface area contributed by atoms with Crippen LogP contribution in [0.5, 0.6) is 5.75 Å². The lowest BCUT2D eigenvalue weighted by Gasteiger charge is -2.29. The standard InChI is InChI=1S/C27H46N2O4S/c1-3-5-6-7-8-9-10-11-12-13-14-26(27(30)28-19-4-2)33-25-17-15-24(16-18-25)29-20-22-34(31,32)23-21-29/h15-18,26H,3-14,19-23H2,1-2H3,(H,28,30). The summed E-state index contributed by atoms with van der Waals surface area (Å²) in [5.41, 5.74) is 0.990. The van der Waals surface area contributed by atoms with Gasteiger partial charge in [-0.2, -0.15) is 0 Å². The topological polar surface area (TPSA) is 75.7 Å². The van der Waals surface area contributed by atoms with Crippen molar-refractivity contribution in [2.24, 2.45) is 0 Å². The molecule has 0 bridgehead atoms. The summed E-state index contributed by atoms with van der Waals surface area (Å²) in [4.78, 5) is 14.8. The highest BCUT2D eigenvalue weighted by molar-refractivity contribution is 7.91. The van der Waals surface area contributed by atoms with Gasteiger partial charge in [-0.1, -0.05) is 71.6 Å². The van der Waals surface area contributed by atoms with Gasteiger partial charge in [0.05, 0.1) is 11.5 Å². The van der Waals surface area contributed by atoms with E-state index in [9.17, 15) is 13.2 Å². The first-order chi connectivity index (χ1) is 16.4. The van der Waals surface area contributed by atoms with E-state index in [0.717, 1.165) is 31.4 Å². The molecule has 0 saturated carbocycles. The molecule has 0 spiro atoms. The number of carbonyl (C=O) groups is 1. The number of nitrogens with zero attached hydrogens (tertiary/aromatic N) is 1. The highest BCUT2D eigenvalue weighted by Gasteiger charge is 2.22. The molecule has 1 heterocycles. The number of sulfone groups is 1. The van der Waals surface area contributed by atoms with Gasteiger partial charge >= 0.3 is 0 Å². The van der Waals surface area contributed by atoms with E-state index in [-0.39, 0.29) is 17.4 Å². The number of ether oxygens (including phenoxy) is 1. The summed E-state index contributed by atoms with van der Waals surface area (Å²) in [5, 5.41) is 2.98. The van der Waals surface area contributed by atoms with Gasteiger partial charge < -0.3 is 15.0 Å². The predicted octanol–water partition coefficient (Wildman–Crippen LogP) is 5.51. The molecule has 1 amide bonds. The molecule has 0 aliphatic carbocycles. The molecule has 7 heteroatoms. The lowest BCUT2D eigenvalue weighted by molar-refractivity contribution is -0.128. The summed E-state index contributed by atoms with van der Waals surface area (Å²) in [6, 6.07) is 7.68. The Balaban J connectivity index is 1.78. The number of anilines is 1. The fourth-order valence-corrected chi connectivity index (χ4v) is 5.49. The Hall–Kier alpha value is -1.76. The molecule has 1 aliphatic heterocycles. The van der Waals surface area contributed by atoms with Crippen LogP contribution in [0.4, 0.5) is 5.69 Å². The van der Waals surface area contributed by atoms with Crippen LogP contribution < -0.4 is 15.0 Å². The smallest absolute Gasteiger partial charge is 0.261 e. The average molecular weight is 495 g/mol. The van der Waals surface area contributed by atoms with Crippen LogP contribution in [0.1, 0.15) is 90.9 Å². The van der Waals surface area contributed by atoms with Gasteiger partial charge in [0.1, 0.15) is 5.75 Å². The largest absolute Gasteiger partial charge is 0.481 e. The maximum atomic E-state index is 12.7. The fraction of sp³-hybridized carbons (Fsp3) is 0.741. The zero-order valence-corrected chi connectivity index (χ0v) is 22.2. The van der Waals surface area contributed by atoms with Gasteiger partial charge in [0.25, 0.3) is 5.91 Å². The van der Waals surface area contributed by atoms with Crippen LogP contribution in [0.15, 0.2) is 24.3 Å². The molecule has 1 atom stereocenters. The van der Waals surface area contributed by atoms with Crippen LogP contribution in [-0.2, 0) is 14.6 Å². The number of amides is 1. The molecular weight excluding hydrogens is 448 g/mol. The quantitative estimate of drug-likeness (QED) is 0.289. The molecule has 1 fully saturated rings. The molecular formula is C27H46N2O4S. The second kappa shape index (κ2) is 16.0. The van der Waals surface area contributed by atoms with Gasteiger partial charge in [0, 0.05) is 25.3 Å². The lowest BCUT2D eigenvalue weighted by Crippen LogP contribution is -2.40. The SMILES string of the molecule is CCCCCCCCCCCCC(Oc1ccc(N2CCS(=O)(=O)CC2)cc1)C(=O)NCCC. The van der Waals surface area contributed by atoms with Crippen LogP contribution in [0.3, 0.4) is 0 Å². The third-order valence-corrected chi connectivity index (χ3v) is 8.10. The molecule has 0 aromatic heterocycles. The minimum Gasteiger partial charge on any atom is -0.481 e. The molecule has 1 aromatic carbocycles. The Morgan fingerprint density at radius 3 is 2.00 bits per heavy atom. The van der Waals surface area contributed by atoms with Crippen LogP contribution in [0, 0.1) is 0 Å². The van der Waals surface area contributed by atoms with Crippen molar-refractivity contribution in [3.63, 3.8) is 0 Å². The summed E-state index contributed by atoms with van der Waals surface area (Å²) in [6.07, 6.45) is 13.8. The van der Waals surface area contributed by atoms with Crippen molar-refractivity contribution in [3.8, 4) is 5.75 Å². The number of nitrogens with one attached hydrogen (secondary N) is 1. The Morgan fingerprint density at radius 1 is 0.882 bits per heavy atom. The maximum absolute atomic E-state index is 12.7. The summed E-state index contributed by atoms with van der Waals surface area (Å²) < 4.78 is 29.4. The Kier molecular flexibility index (Phi) is 13.4. The Morgan fingerprint density at radius 2 is 1.44 bits per heavy atom. The van der Waals surface area contributed by atoms with Crippen molar-refractivity contribution in [3.05, 3.63) is 24.3 Å². The van der Waals surface area contributed by atoms with E-state index < -0.39 is 15.9 Å². The number of carbonyl (C=O) groups excluding carboxylic acids is 1. The molecule has 2 rings (SSSR count). The average Bonchev–Trinajstić information content (AvgIpc) is 2.83. The van der Waals surface area contributed by atoms with E-state index in [4.69, 9.17) is 4.74 Å². The zero-order valence-electron chi connectivity index (χ0n) is 21.4. The third-order valence-electron chi connectivity index (χ3n) is 6.49. The van der Waals surface area contributed by atoms with E-state index in [0.29, 0.717) is 25.4 Å². The van der Waals surface area contributed by atoms with Gasteiger partial charge in [-0.3, -0.25) is 4.79 Å². The first-order valence-corrected chi connectivity index (χ1v) is 15.3. The van der Waals surface area contributed by atoms with Crippen molar-refractivity contribution < 1.29 is 17.9 Å². The van der Waals surface area contributed by atoms with Gasteiger partial charge in [-0.15, -0.1) is 0 Å². The molecule has 1 saturated heterocycles. The van der Waals surface area contributed by atoms with Crippen molar-refractivity contribution in [2.75, 3.05) is 36.0 Å². The fourth-order valence-electron chi connectivity index (χ4n) is 4.29.